The second-order valence-electron chi connectivity index (χ2n) is 2.88. The second kappa shape index (κ2) is 4.91. The third kappa shape index (κ3) is 2.56. The maximum Gasteiger partial charge on any atom is 0.326 e. The van der Waals surface area contributed by atoms with Gasteiger partial charge in [0.25, 0.3) is 0 Å². The normalized spacial score (nSPS) is 12.8. The van der Waals surface area contributed by atoms with Crippen molar-refractivity contribution in [1.29, 1.82) is 0 Å². The molecule has 0 aliphatic rings. The minimum absolute atomic E-state index is 0.588. The minimum Gasteiger partial charge on any atom is -0.480 e. The highest BCUT2D eigenvalue weighted by Gasteiger charge is 2.20. The number of carbonyl (C=O) groups is 1. The van der Waals surface area contributed by atoms with Crippen molar-refractivity contribution >= 4 is 33.2 Å². The minimum atomic E-state index is -0.833. The van der Waals surface area contributed by atoms with Crippen LogP contribution in [0.2, 0.25) is 0 Å². The van der Waals surface area contributed by atoms with Gasteiger partial charge in [-0.25, -0.2) is 0 Å². The maximum absolute atomic E-state index is 10.9. The summed E-state index contributed by atoms with van der Waals surface area (Å²) in [7, 11) is 0. The van der Waals surface area contributed by atoms with Crippen LogP contribution < -0.4 is 5.32 Å². The van der Waals surface area contributed by atoms with Gasteiger partial charge >= 0.3 is 5.97 Å². The predicted octanol–water partition coefficient (Wildman–Crippen LogP) is 2.55. The quantitative estimate of drug-likeness (QED) is 0.889. The van der Waals surface area contributed by atoms with E-state index in [0.717, 1.165) is 14.2 Å². The van der Waals surface area contributed by atoms with Crippen molar-refractivity contribution in [2.45, 2.75) is 19.9 Å². The highest BCUT2D eigenvalue weighted by Crippen LogP contribution is 2.30. The molecule has 0 spiro atoms. The predicted molar refractivity (Wildman–Crippen MR) is 60.8 cm³/mol. The van der Waals surface area contributed by atoms with E-state index < -0.39 is 12.0 Å². The summed E-state index contributed by atoms with van der Waals surface area (Å²) in [4.78, 5) is 12.9. The summed E-state index contributed by atoms with van der Waals surface area (Å²) in [6, 6.07) is 1.27. The zero-order valence-electron chi connectivity index (χ0n) is 8.00. The lowest BCUT2D eigenvalue weighted by Crippen LogP contribution is -2.27. The Morgan fingerprint density at radius 2 is 2.43 bits per heavy atom. The number of carboxylic acids is 1. The van der Waals surface area contributed by atoms with E-state index in [-0.39, 0.29) is 0 Å². The molecule has 2 N–H and O–H groups in total. The Labute approximate surface area is 95.3 Å². The number of halogens is 1. The zero-order valence-corrected chi connectivity index (χ0v) is 10.4. The first kappa shape index (κ1) is 11.7. The Kier molecular flexibility index (Phi) is 4.10. The molecule has 5 heteroatoms. The van der Waals surface area contributed by atoms with Gasteiger partial charge in [0.1, 0.15) is 6.04 Å². The van der Waals surface area contributed by atoms with E-state index in [1.807, 2.05) is 19.9 Å². The topological polar surface area (TPSA) is 49.3 Å². The van der Waals surface area contributed by atoms with Gasteiger partial charge in [-0.05, 0) is 35.5 Å². The van der Waals surface area contributed by atoms with E-state index in [1.165, 1.54) is 11.3 Å². The van der Waals surface area contributed by atoms with Crippen LogP contribution in [-0.4, -0.2) is 17.6 Å². The van der Waals surface area contributed by atoms with Crippen molar-refractivity contribution in [2.75, 3.05) is 6.54 Å². The number of thiophene rings is 1. The molecule has 0 fully saturated rings. The van der Waals surface area contributed by atoms with Crippen LogP contribution in [0.4, 0.5) is 0 Å². The molecule has 0 aliphatic heterocycles. The van der Waals surface area contributed by atoms with Crippen molar-refractivity contribution in [1.82, 2.24) is 5.32 Å². The van der Waals surface area contributed by atoms with Crippen LogP contribution in [0.1, 0.15) is 22.7 Å². The first-order valence-corrected chi connectivity index (χ1v) is 5.89. The molecule has 0 amide bonds. The lowest BCUT2D eigenvalue weighted by Gasteiger charge is -2.10. The van der Waals surface area contributed by atoms with E-state index >= 15 is 0 Å². The SMILES string of the molecule is CCNC(C(=O)O)c1cc(Br)c(C)s1. The highest BCUT2D eigenvalue weighted by molar-refractivity contribution is 9.10. The van der Waals surface area contributed by atoms with Crippen LogP contribution in [0.3, 0.4) is 0 Å². The molecule has 14 heavy (non-hydrogen) atoms. The summed E-state index contributed by atoms with van der Waals surface area (Å²) in [5.41, 5.74) is 0. The Morgan fingerprint density at radius 3 is 2.79 bits per heavy atom. The van der Waals surface area contributed by atoms with Gasteiger partial charge in [-0.2, -0.15) is 0 Å². The van der Waals surface area contributed by atoms with Gasteiger partial charge in [0.05, 0.1) is 0 Å². The van der Waals surface area contributed by atoms with E-state index in [0.29, 0.717) is 6.54 Å². The molecule has 1 unspecified atom stereocenters. The van der Waals surface area contributed by atoms with E-state index in [2.05, 4.69) is 21.2 Å². The van der Waals surface area contributed by atoms with E-state index in [9.17, 15) is 4.79 Å². The Morgan fingerprint density at radius 1 is 1.79 bits per heavy atom. The first-order valence-electron chi connectivity index (χ1n) is 4.28. The average Bonchev–Trinajstić information content (AvgIpc) is 2.42. The number of hydrogen-bond donors (Lipinski definition) is 2. The molecular formula is C9H12BrNO2S. The third-order valence-corrected chi connectivity index (χ3v) is 4.02. The van der Waals surface area contributed by atoms with Crippen molar-refractivity contribution in [3.05, 3.63) is 20.3 Å². The van der Waals surface area contributed by atoms with Gasteiger partial charge in [-0.1, -0.05) is 6.92 Å². The van der Waals surface area contributed by atoms with Crippen molar-refractivity contribution in [3.63, 3.8) is 0 Å². The summed E-state index contributed by atoms with van der Waals surface area (Å²) >= 11 is 4.87. The summed E-state index contributed by atoms with van der Waals surface area (Å²) < 4.78 is 0.974. The number of carboxylic acid groups (broad SMARTS) is 1. The molecule has 1 rings (SSSR count). The average molecular weight is 278 g/mol. The number of aryl methyl sites for hydroxylation is 1. The molecule has 1 aromatic rings. The van der Waals surface area contributed by atoms with Gasteiger partial charge in [-0.3, -0.25) is 4.79 Å². The standard InChI is InChI=1S/C9H12BrNO2S/c1-3-11-8(9(12)13)7-4-6(10)5(2)14-7/h4,8,11H,3H2,1-2H3,(H,12,13). The molecule has 1 aromatic heterocycles. The fraction of sp³-hybridized carbons (Fsp3) is 0.444. The Hall–Kier alpha value is -0.390. The zero-order chi connectivity index (χ0) is 10.7. The van der Waals surface area contributed by atoms with Gasteiger partial charge in [0, 0.05) is 14.2 Å². The number of likely N-dealkylation sites (N-methyl/N-ethyl adjacent to an activating group) is 1. The monoisotopic (exact) mass is 277 g/mol. The Balaban J connectivity index is 2.93. The second-order valence-corrected chi connectivity index (χ2v) is 5.02. The number of nitrogens with one attached hydrogen (secondary N) is 1. The van der Waals surface area contributed by atoms with Gasteiger partial charge in [0.15, 0.2) is 0 Å². The Bertz CT molecular complexity index is 318. The van der Waals surface area contributed by atoms with Crippen LogP contribution in [-0.2, 0) is 4.79 Å². The number of aliphatic carboxylic acids is 1. The molecule has 0 saturated heterocycles. The summed E-state index contributed by atoms with van der Waals surface area (Å²) in [5, 5.41) is 11.9. The van der Waals surface area contributed by atoms with Crippen molar-refractivity contribution in [3.8, 4) is 0 Å². The fourth-order valence-corrected chi connectivity index (χ4v) is 2.77. The number of hydrogen-bond acceptors (Lipinski definition) is 3. The van der Waals surface area contributed by atoms with Gasteiger partial charge in [0.2, 0.25) is 0 Å². The van der Waals surface area contributed by atoms with Crippen LogP contribution in [0.15, 0.2) is 10.5 Å². The van der Waals surface area contributed by atoms with Crippen molar-refractivity contribution in [2.24, 2.45) is 0 Å². The van der Waals surface area contributed by atoms with E-state index in [1.54, 1.807) is 0 Å². The molecule has 1 heterocycles. The summed E-state index contributed by atoms with van der Waals surface area (Å²) in [5.74, 6) is -0.833. The lowest BCUT2D eigenvalue weighted by molar-refractivity contribution is -0.139. The molecule has 0 aliphatic carbocycles. The maximum atomic E-state index is 10.9. The smallest absolute Gasteiger partial charge is 0.326 e. The third-order valence-electron chi connectivity index (χ3n) is 1.82. The van der Waals surface area contributed by atoms with Gasteiger partial charge in [-0.15, -0.1) is 11.3 Å². The first-order chi connectivity index (χ1) is 6.56. The molecule has 0 radical (unpaired) electrons. The highest BCUT2D eigenvalue weighted by atomic mass is 79.9. The molecule has 0 aromatic carbocycles. The van der Waals surface area contributed by atoms with Gasteiger partial charge < -0.3 is 10.4 Å². The number of rotatable bonds is 4. The molecule has 0 saturated carbocycles. The summed E-state index contributed by atoms with van der Waals surface area (Å²) in [6.45, 7) is 4.50. The van der Waals surface area contributed by atoms with Crippen LogP contribution in [0.25, 0.3) is 0 Å². The lowest BCUT2D eigenvalue weighted by atomic mass is 10.2. The van der Waals surface area contributed by atoms with Crippen LogP contribution >= 0.6 is 27.3 Å². The molecule has 3 nitrogen and oxygen atoms in total. The summed E-state index contributed by atoms with van der Waals surface area (Å²) in [6.07, 6.45) is 0. The molecule has 1 atom stereocenters. The van der Waals surface area contributed by atoms with Crippen molar-refractivity contribution < 1.29 is 9.90 Å². The van der Waals surface area contributed by atoms with E-state index in [4.69, 9.17) is 5.11 Å². The largest absolute Gasteiger partial charge is 0.480 e. The molecular weight excluding hydrogens is 266 g/mol. The molecule has 0 bridgehead atoms. The fourth-order valence-electron chi connectivity index (χ4n) is 1.14. The van der Waals surface area contributed by atoms with Crippen LogP contribution in [0, 0.1) is 6.92 Å². The van der Waals surface area contributed by atoms with Crippen LogP contribution in [0.5, 0.6) is 0 Å². The molecule has 78 valence electrons.